The van der Waals surface area contributed by atoms with E-state index in [2.05, 4.69) is 5.32 Å². The number of aryl methyl sites for hydroxylation is 1. The number of hydrogen-bond acceptors (Lipinski definition) is 4. The number of carbonyl (C=O) groups excluding carboxylic acids is 2. The quantitative estimate of drug-likeness (QED) is 0.468. The van der Waals surface area contributed by atoms with Gasteiger partial charge < -0.3 is 10.2 Å². The van der Waals surface area contributed by atoms with Crippen molar-refractivity contribution in [3.05, 3.63) is 95.0 Å². The fraction of sp³-hybridized carbons (Fsp3) is 0.231. The van der Waals surface area contributed by atoms with E-state index in [4.69, 9.17) is 11.6 Å². The van der Waals surface area contributed by atoms with Gasteiger partial charge in [-0.3, -0.25) is 13.9 Å². The maximum Gasteiger partial charge on any atom is 0.264 e. The molecule has 0 bridgehead atoms. The lowest BCUT2D eigenvalue weighted by Gasteiger charge is -2.31. The van der Waals surface area contributed by atoms with Crippen LogP contribution in [0.5, 0.6) is 0 Å². The van der Waals surface area contributed by atoms with Gasteiger partial charge in [-0.15, -0.1) is 0 Å². The first-order valence-corrected chi connectivity index (χ1v) is 12.8. The van der Waals surface area contributed by atoms with Crippen LogP contribution in [-0.4, -0.2) is 44.8 Å². The molecule has 0 fully saturated rings. The maximum absolute atomic E-state index is 13.6. The summed E-state index contributed by atoms with van der Waals surface area (Å²) in [6.45, 7) is 3.13. The van der Waals surface area contributed by atoms with E-state index in [1.54, 1.807) is 73.7 Å². The average Bonchev–Trinajstić information content (AvgIpc) is 2.87. The number of nitrogens with zero attached hydrogens (tertiary/aromatic N) is 2. The number of anilines is 1. The van der Waals surface area contributed by atoms with Crippen molar-refractivity contribution < 1.29 is 18.0 Å². The molecule has 0 spiro atoms. The molecular formula is C26H28ClN3O4S. The van der Waals surface area contributed by atoms with Gasteiger partial charge in [0.25, 0.3) is 10.0 Å². The molecule has 3 aromatic carbocycles. The number of likely N-dealkylation sites (N-methyl/N-ethyl adjacent to an activating group) is 1. The number of nitrogens with one attached hydrogen (secondary N) is 1. The minimum absolute atomic E-state index is 0.0666. The number of amides is 2. The lowest BCUT2D eigenvalue weighted by Crippen LogP contribution is -2.50. The van der Waals surface area contributed by atoms with Crippen molar-refractivity contribution >= 4 is 39.1 Å². The van der Waals surface area contributed by atoms with Crippen LogP contribution in [0.15, 0.2) is 83.8 Å². The minimum atomic E-state index is -4.06. The van der Waals surface area contributed by atoms with Crippen LogP contribution in [-0.2, 0) is 26.2 Å². The van der Waals surface area contributed by atoms with Crippen LogP contribution in [0.2, 0.25) is 5.02 Å². The van der Waals surface area contributed by atoms with Crippen molar-refractivity contribution in [3.63, 3.8) is 0 Å². The highest BCUT2D eigenvalue weighted by atomic mass is 35.5. The lowest BCUT2D eigenvalue weighted by atomic mass is 10.1. The van der Waals surface area contributed by atoms with Crippen LogP contribution in [0.3, 0.4) is 0 Å². The summed E-state index contributed by atoms with van der Waals surface area (Å²) >= 11 is 5.98. The third-order valence-electron chi connectivity index (χ3n) is 5.61. The van der Waals surface area contributed by atoms with Gasteiger partial charge in [0.2, 0.25) is 11.8 Å². The predicted molar refractivity (Wildman–Crippen MR) is 138 cm³/mol. The van der Waals surface area contributed by atoms with Crippen LogP contribution in [0, 0.1) is 6.92 Å². The summed E-state index contributed by atoms with van der Waals surface area (Å²) in [5, 5.41) is 3.10. The van der Waals surface area contributed by atoms with E-state index >= 15 is 0 Å². The van der Waals surface area contributed by atoms with Crippen molar-refractivity contribution in [3.8, 4) is 0 Å². The second-order valence-corrected chi connectivity index (χ2v) is 10.4. The van der Waals surface area contributed by atoms with Crippen molar-refractivity contribution in [2.24, 2.45) is 0 Å². The molecule has 184 valence electrons. The smallest absolute Gasteiger partial charge is 0.264 e. The molecule has 1 unspecified atom stereocenters. The Hall–Kier alpha value is -3.36. The van der Waals surface area contributed by atoms with Gasteiger partial charge in [-0.1, -0.05) is 59.6 Å². The van der Waals surface area contributed by atoms with E-state index in [-0.39, 0.29) is 17.3 Å². The second-order valence-electron chi connectivity index (χ2n) is 8.10. The average molecular weight is 514 g/mol. The Morgan fingerprint density at radius 3 is 2.11 bits per heavy atom. The first kappa shape index (κ1) is 26.2. The largest absolute Gasteiger partial charge is 0.357 e. The van der Waals surface area contributed by atoms with Crippen molar-refractivity contribution in [1.29, 1.82) is 0 Å². The van der Waals surface area contributed by atoms with Crippen molar-refractivity contribution in [2.45, 2.75) is 31.3 Å². The van der Waals surface area contributed by atoms with Crippen LogP contribution in [0.1, 0.15) is 18.1 Å². The molecule has 2 amide bonds. The van der Waals surface area contributed by atoms with E-state index in [9.17, 15) is 18.0 Å². The summed E-state index contributed by atoms with van der Waals surface area (Å²) in [5.74, 6) is -0.878. The SMILES string of the molecule is CNC(=O)C(C)N(Cc1ccc(Cl)cc1)C(=O)CN(c1ccc(C)cc1)S(=O)(=O)c1ccccc1. The number of hydrogen-bond donors (Lipinski definition) is 1. The van der Waals surface area contributed by atoms with E-state index < -0.39 is 28.5 Å². The fourth-order valence-corrected chi connectivity index (χ4v) is 5.10. The van der Waals surface area contributed by atoms with Crippen LogP contribution >= 0.6 is 11.6 Å². The van der Waals surface area contributed by atoms with E-state index in [0.29, 0.717) is 10.7 Å². The third-order valence-corrected chi connectivity index (χ3v) is 7.65. The molecule has 0 aromatic heterocycles. The predicted octanol–water partition coefficient (Wildman–Crippen LogP) is 4.01. The number of sulfonamides is 1. The van der Waals surface area contributed by atoms with Gasteiger partial charge in [-0.25, -0.2) is 8.42 Å². The molecule has 0 aliphatic carbocycles. The van der Waals surface area contributed by atoms with Gasteiger partial charge in [0.1, 0.15) is 12.6 Å². The maximum atomic E-state index is 13.6. The molecule has 0 aliphatic rings. The summed E-state index contributed by atoms with van der Waals surface area (Å²) in [6, 6.07) is 20.9. The van der Waals surface area contributed by atoms with Gasteiger partial charge in [-0.05, 0) is 55.8 Å². The number of rotatable bonds is 9. The van der Waals surface area contributed by atoms with Crippen LogP contribution in [0.25, 0.3) is 0 Å². The Bertz CT molecular complexity index is 1260. The summed E-state index contributed by atoms with van der Waals surface area (Å²) in [7, 11) is -2.57. The molecule has 3 rings (SSSR count). The molecule has 1 N–H and O–H groups in total. The summed E-state index contributed by atoms with van der Waals surface area (Å²) in [6.07, 6.45) is 0. The topological polar surface area (TPSA) is 86.8 Å². The molecule has 0 saturated carbocycles. The summed E-state index contributed by atoms with van der Waals surface area (Å²) in [4.78, 5) is 27.5. The molecule has 1 atom stereocenters. The fourth-order valence-electron chi connectivity index (χ4n) is 3.54. The molecule has 35 heavy (non-hydrogen) atoms. The van der Waals surface area contributed by atoms with Gasteiger partial charge in [0.05, 0.1) is 10.6 Å². The molecular weight excluding hydrogens is 486 g/mol. The molecule has 0 heterocycles. The molecule has 0 radical (unpaired) electrons. The van der Waals surface area contributed by atoms with Crippen molar-refractivity contribution in [2.75, 3.05) is 17.9 Å². The monoisotopic (exact) mass is 513 g/mol. The zero-order valence-electron chi connectivity index (χ0n) is 19.8. The summed E-state index contributed by atoms with van der Waals surface area (Å²) in [5.41, 5.74) is 2.06. The molecule has 9 heteroatoms. The van der Waals surface area contributed by atoms with Gasteiger partial charge in [-0.2, -0.15) is 0 Å². The Balaban J connectivity index is 2.00. The number of halogens is 1. The third kappa shape index (κ3) is 6.41. The lowest BCUT2D eigenvalue weighted by molar-refractivity contribution is -0.139. The number of carbonyl (C=O) groups is 2. The zero-order chi connectivity index (χ0) is 25.6. The van der Waals surface area contributed by atoms with E-state index in [1.807, 2.05) is 6.92 Å². The summed E-state index contributed by atoms with van der Waals surface area (Å²) < 4.78 is 28.3. The highest BCUT2D eigenvalue weighted by Gasteiger charge is 2.32. The van der Waals surface area contributed by atoms with Crippen molar-refractivity contribution in [1.82, 2.24) is 10.2 Å². The molecule has 3 aromatic rings. The number of benzene rings is 3. The zero-order valence-corrected chi connectivity index (χ0v) is 21.4. The molecule has 0 saturated heterocycles. The van der Waals surface area contributed by atoms with Crippen LogP contribution in [0.4, 0.5) is 5.69 Å². The molecule has 7 nitrogen and oxygen atoms in total. The minimum Gasteiger partial charge on any atom is -0.357 e. The standard InChI is InChI=1S/C26H28ClN3O4S/c1-19-9-15-23(16-10-19)30(35(33,34)24-7-5-4-6-8-24)18-25(31)29(20(2)26(32)28-3)17-21-11-13-22(27)14-12-21/h4-16,20H,17-18H2,1-3H3,(H,28,32). The second kappa shape index (κ2) is 11.4. The van der Waals surface area contributed by atoms with Gasteiger partial charge in [0, 0.05) is 18.6 Å². The Labute approximate surface area is 211 Å². The highest BCUT2D eigenvalue weighted by molar-refractivity contribution is 7.92. The molecule has 0 aliphatic heterocycles. The first-order chi connectivity index (χ1) is 16.6. The van der Waals surface area contributed by atoms with E-state index in [1.165, 1.54) is 24.1 Å². The Morgan fingerprint density at radius 1 is 0.943 bits per heavy atom. The highest BCUT2D eigenvalue weighted by Crippen LogP contribution is 2.25. The Kier molecular flexibility index (Phi) is 8.53. The normalized spacial score (nSPS) is 12.0. The van der Waals surface area contributed by atoms with Crippen LogP contribution < -0.4 is 9.62 Å². The van der Waals surface area contributed by atoms with Gasteiger partial charge in [0.15, 0.2) is 0 Å². The van der Waals surface area contributed by atoms with Gasteiger partial charge >= 0.3 is 0 Å². The van der Waals surface area contributed by atoms with E-state index in [0.717, 1.165) is 15.4 Å². The first-order valence-electron chi connectivity index (χ1n) is 11.0. The Morgan fingerprint density at radius 2 is 1.54 bits per heavy atom.